The van der Waals surface area contributed by atoms with Crippen LogP contribution in [0.3, 0.4) is 0 Å². The fourth-order valence-corrected chi connectivity index (χ4v) is 4.22. The topological polar surface area (TPSA) is 108 Å². The number of benzene rings is 2. The molecule has 0 unspecified atom stereocenters. The van der Waals surface area contributed by atoms with Gasteiger partial charge in [0.2, 0.25) is 5.91 Å². The summed E-state index contributed by atoms with van der Waals surface area (Å²) < 4.78 is 2.06. The average molecular weight is 420 g/mol. The van der Waals surface area contributed by atoms with Crippen LogP contribution in [0.5, 0.6) is 0 Å². The standard InChI is InChI=1S/C21H20N6O2S/c1-12(19(28)22-14-9-10-16-17(11-14)24-20(29)23-16)30-21-26-25-18(13-7-8-13)27(21)15-5-3-2-4-6-15/h2-6,9-13H,7-8H2,1H3,(H,22,28)(H2,23,24,29)/t12-/m0/s1. The summed E-state index contributed by atoms with van der Waals surface area (Å²) in [5.74, 6) is 1.25. The third kappa shape index (κ3) is 3.63. The molecule has 2 aromatic heterocycles. The highest BCUT2D eigenvalue weighted by molar-refractivity contribution is 8.00. The number of aromatic amines is 2. The fourth-order valence-electron chi connectivity index (χ4n) is 3.35. The summed E-state index contributed by atoms with van der Waals surface area (Å²) in [6.45, 7) is 1.84. The minimum absolute atomic E-state index is 0.146. The highest BCUT2D eigenvalue weighted by Gasteiger charge is 2.31. The van der Waals surface area contributed by atoms with E-state index in [2.05, 4.69) is 30.0 Å². The number of anilines is 1. The van der Waals surface area contributed by atoms with Gasteiger partial charge in [-0.15, -0.1) is 10.2 Å². The molecule has 1 aliphatic rings. The Morgan fingerprint density at radius 3 is 2.67 bits per heavy atom. The molecule has 1 aliphatic carbocycles. The number of imidazole rings is 1. The van der Waals surface area contributed by atoms with E-state index in [1.54, 1.807) is 18.2 Å². The smallest absolute Gasteiger partial charge is 0.323 e. The van der Waals surface area contributed by atoms with E-state index < -0.39 is 0 Å². The third-order valence-electron chi connectivity index (χ3n) is 5.05. The van der Waals surface area contributed by atoms with Crippen LogP contribution in [0.4, 0.5) is 5.69 Å². The van der Waals surface area contributed by atoms with Gasteiger partial charge >= 0.3 is 5.69 Å². The molecule has 5 rings (SSSR count). The molecule has 1 saturated carbocycles. The Hall–Kier alpha value is -3.33. The molecule has 1 fully saturated rings. The molecule has 1 amide bonds. The van der Waals surface area contributed by atoms with Crippen LogP contribution in [0.2, 0.25) is 0 Å². The van der Waals surface area contributed by atoms with Gasteiger partial charge in [-0.25, -0.2) is 4.79 Å². The molecule has 2 heterocycles. The van der Waals surface area contributed by atoms with Crippen molar-refractivity contribution in [2.24, 2.45) is 0 Å². The van der Waals surface area contributed by atoms with Crippen molar-refractivity contribution in [1.29, 1.82) is 0 Å². The van der Waals surface area contributed by atoms with Crippen LogP contribution >= 0.6 is 11.8 Å². The van der Waals surface area contributed by atoms with Crippen molar-refractivity contribution in [3.05, 3.63) is 64.8 Å². The number of carbonyl (C=O) groups excluding carboxylic acids is 1. The van der Waals surface area contributed by atoms with E-state index in [0.717, 1.165) is 24.4 Å². The van der Waals surface area contributed by atoms with E-state index in [1.165, 1.54) is 11.8 Å². The second-order valence-corrected chi connectivity index (χ2v) is 8.68. The van der Waals surface area contributed by atoms with Crippen molar-refractivity contribution in [2.75, 3.05) is 5.32 Å². The Morgan fingerprint density at radius 1 is 1.13 bits per heavy atom. The molecule has 9 heteroatoms. The predicted molar refractivity (Wildman–Crippen MR) is 116 cm³/mol. The predicted octanol–water partition coefficient (Wildman–Crippen LogP) is 3.43. The van der Waals surface area contributed by atoms with Gasteiger partial charge in [-0.2, -0.15) is 0 Å². The molecule has 0 spiro atoms. The summed E-state index contributed by atoms with van der Waals surface area (Å²) in [7, 11) is 0. The number of thioether (sulfide) groups is 1. The van der Waals surface area contributed by atoms with E-state index in [-0.39, 0.29) is 16.8 Å². The lowest BCUT2D eigenvalue weighted by molar-refractivity contribution is -0.115. The summed E-state index contributed by atoms with van der Waals surface area (Å²) in [6, 6.07) is 15.2. The number of rotatable bonds is 6. The monoisotopic (exact) mass is 420 g/mol. The lowest BCUT2D eigenvalue weighted by atomic mass is 10.2. The fraction of sp³-hybridized carbons (Fsp3) is 0.238. The molecular weight excluding hydrogens is 400 g/mol. The molecule has 152 valence electrons. The van der Waals surface area contributed by atoms with Gasteiger partial charge in [0, 0.05) is 17.3 Å². The van der Waals surface area contributed by atoms with Gasteiger partial charge in [-0.05, 0) is 50.1 Å². The Balaban J connectivity index is 1.36. The van der Waals surface area contributed by atoms with Crippen molar-refractivity contribution in [1.82, 2.24) is 24.7 Å². The Morgan fingerprint density at radius 2 is 1.90 bits per heavy atom. The largest absolute Gasteiger partial charge is 0.325 e. The van der Waals surface area contributed by atoms with Crippen LogP contribution in [-0.4, -0.2) is 35.9 Å². The molecule has 3 N–H and O–H groups in total. The van der Waals surface area contributed by atoms with Crippen molar-refractivity contribution >= 4 is 34.4 Å². The molecule has 0 radical (unpaired) electrons. The van der Waals surface area contributed by atoms with Crippen LogP contribution in [0.15, 0.2) is 58.5 Å². The number of fused-ring (bicyclic) bond motifs is 1. The Bertz CT molecular complexity index is 1270. The quantitative estimate of drug-likeness (QED) is 0.414. The Labute approximate surface area is 176 Å². The number of para-hydroxylation sites is 1. The maximum atomic E-state index is 12.8. The number of aromatic nitrogens is 5. The Kier molecular flexibility index (Phi) is 4.66. The maximum Gasteiger partial charge on any atom is 0.323 e. The molecule has 8 nitrogen and oxygen atoms in total. The number of carbonyl (C=O) groups is 1. The van der Waals surface area contributed by atoms with Gasteiger partial charge in [-0.1, -0.05) is 30.0 Å². The van der Waals surface area contributed by atoms with Crippen LogP contribution in [0.25, 0.3) is 16.7 Å². The average Bonchev–Trinajstić information content (AvgIpc) is 3.40. The summed E-state index contributed by atoms with van der Waals surface area (Å²) in [5.41, 5.74) is 2.70. The third-order valence-corrected chi connectivity index (χ3v) is 6.09. The number of hydrogen-bond acceptors (Lipinski definition) is 5. The summed E-state index contributed by atoms with van der Waals surface area (Å²) in [4.78, 5) is 29.6. The van der Waals surface area contributed by atoms with Crippen molar-refractivity contribution in [3.8, 4) is 5.69 Å². The zero-order valence-electron chi connectivity index (χ0n) is 16.3. The molecule has 0 bridgehead atoms. The number of nitrogens with zero attached hydrogens (tertiary/aromatic N) is 3. The number of amides is 1. The zero-order valence-corrected chi connectivity index (χ0v) is 17.1. The van der Waals surface area contributed by atoms with Crippen molar-refractivity contribution in [2.45, 2.75) is 36.1 Å². The number of H-pyrrole nitrogens is 2. The molecular formula is C21H20N6O2S. The minimum atomic E-state index is -0.385. The van der Waals surface area contributed by atoms with E-state index in [4.69, 9.17) is 0 Å². The normalized spacial score (nSPS) is 14.7. The first-order chi connectivity index (χ1) is 14.6. The molecule has 4 aromatic rings. The van der Waals surface area contributed by atoms with Crippen LogP contribution < -0.4 is 11.0 Å². The number of hydrogen-bond donors (Lipinski definition) is 3. The molecule has 0 saturated heterocycles. The van der Waals surface area contributed by atoms with E-state index in [1.807, 2.05) is 37.3 Å². The molecule has 0 aliphatic heterocycles. The first-order valence-corrected chi connectivity index (χ1v) is 10.7. The zero-order chi connectivity index (χ0) is 20.7. The van der Waals surface area contributed by atoms with Crippen molar-refractivity contribution in [3.63, 3.8) is 0 Å². The van der Waals surface area contributed by atoms with Gasteiger partial charge in [-0.3, -0.25) is 9.36 Å². The van der Waals surface area contributed by atoms with Gasteiger partial charge in [0.05, 0.1) is 16.3 Å². The lowest BCUT2D eigenvalue weighted by Gasteiger charge is -2.14. The SMILES string of the molecule is C[C@H](Sc1nnc(C2CC2)n1-c1ccccc1)C(=O)Nc1ccc2[nH]c(=O)[nH]c2c1. The minimum Gasteiger partial charge on any atom is -0.325 e. The van der Waals surface area contributed by atoms with Crippen LogP contribution in [0, 0.1) is 0 Å². The highest BCUT2D eigenvalue weighted by Crippen LogP contribution is 2.41. The van der Waals surface area contributed by atoms with Crippen molar-refractivity contribution < 1.29 is 4.79 Å². The summed E-state index contributed by atoms with van der Waals surface area (Å²) in [6.07, 6.45) is 2.24. The van der Waals surface area contributed by atoms with E-state index in [0.29, 0.717) is 27.8 Å². The molecule has 30 heavy (non-hydrogen) atoms. The first kappa shape index (κ1) is 18.7. The number of nitrogens with one attached hydrogen (secondary N) is 3. The highest BCUT2D eigenvalue weighted by atomic mass is 32.2. The van der Waals surface area contributed by atoms with E-state index >= 15 is 0 Å². The molecule has 2 aromatic carbocycles. The van der Waals surface area contributed by atoms with Gasteiger partial charge in [0.15, 0.2) is 5.16 Å². The van der Waals surface area contributed by atoms with Crippen LogP contribution in [-0.2, 0) is 4.79 Å². The molecule has 1 atom stereocenters. The second-order valence-electron chi connectivity index (χ2n) is 7.37. The maximum absolute atomic E-state index is 12.8. The van der Waals surface area contributed by atoms with Gasteiger partial charge < -0.3 is 15.3 Å². The second kappa shape index (κ2) is 7.49. The van der Waals surface area contributed by atoms with E-state index in [9.17, 15) is 9.59 Å². The first-order valence-electron chi connectivity index (χ1n) is 9.79. The van der Waals surface area contributed by atoms with Crippen LogP contribution in [0.1, 0.15) is 31.5 Å². The summed E-state index contributed by atoms with van der Waals surface area (Å²) in [5, 5.41) is 12.0. The summed E-state index contributed by atoms with van der Waals surface area (Å²) >= 11 is 1.38. The van der Waals surface area contributed by atoms with Gasteiger partial charge in [0.1, 0.15) is 5.82 Å². The van der Waals surface area contributed by atoms with Gasteiger partial charge in [0.25, 0.3) is 0 Å². The lowest BCUT2D eigenvalue weighted by Crippen LogP contribution is -2.23.